The van der Waals surface area contributed by atoms with Crippen molar-refractivity contribution in [1.29, 1.82) is 0 Å². The van der Waals surface area contributed by atoms with Crippen molar-refractivity contribution in [2.75, 3.05) is 38.1 Å². The van der Waals surface area contributed by atoms with Gasteiger partial charge in [-0.1, -0.05) is 35.6 Å². The topological polar surface area (TPSA) is 39.7 Å². The molecule has 2 aliphatic heterocycles. The maximum absolute atomic E-state index is 12.8. The summed E-state index contributed by atoms with van der Waals surface area (Å²) in [6, 6.07) is 8.45. The molecular weight excluding hydrogens is 344 g/mol. The monoisotopic (exact) mass is 368 g/mol. The van der Waals surface area contributed by atoms with Gasteiger partial charge in [-0.2, -0.15) is 0 Å². The highest BCUT2D eigenvalue weighted by Crippen LogP contribution is 2.40. The summed E-state index contributed by atoms with van der Waals surface area (Å²) in [5.41, 5.74) is 3.51. The van der Waals surface area contributed by atoms with E-state index >= 15 is 0 Å². The van der Waals surface area contributed by atoms with Crippen LogP contribution in [-0.2, 0) is 17.9 Å². The predicted molar refractivity (Wildman–Crippen MR) is 104 cm³/mol. The van der Waals surface area contributed by atoms with Crippen molar-refractivity contribution in [2.24, 2.45) is 5.92 Å². The first-order valence-corrected chi connectivity index (χ1v) is 10.3. The molecule has 1 amide bonds. The quantitative estimate of drug-likeness (QED) is 0.817. The summed E-state index contributed by atoms with van der Waals surface area (Å²) >= 11 is 1.78. The molecule has 2 aromatic rings. The zero-order chi connectivity index (χ0) is 17.7. The summed E-state index contributed by atoms with van der Waals surface area (Å²) < 4.78 is 0. The number of anilines is 1. The van der Waals surface area contributed by atoms with Gasteiger partial charge < -0.3 is 14.7 Å². The van der Waals surface area contributed by atoms with E-state index in [1.807, 2.05) is 4.90 Å². The summed E-state index contributed by atoms with van der Waals surface area (Å²) in [6.45, 7) is 5.61. The minimum atomic E-state index is 0.258. The molecule has 1 saturated heterocycles. The van der Waals surface area contributed by atoms with Crippen molar-refractivity contribution in [3.63, 3.8) is 0 Å². The first kappa shape index (κ1) is 16.3. The van der Waals surface area contributed by atoms with Crippen LogP contribution in [0.15, 0.2) is 24.3 Å². The average molecular weight is 369 g/mol. The summed E-state index contributed by atoms with van der Waals surface area (Å²) in [5, 5.41) is 1.11. The van der Waals surface area contributed by atoms with Gasteiger partial charge in [0.25, 0.3) is 0 Å². The Kier molecular flexibility index (Phi) is 3.98. The largest absolute Gasteiger partial charge is 0.346 e. The summed E-state index contributed by atoms with van der Waals surface area (Å²) in [7, 11) is 2.17. The van der Waals surface area contributed by atoms with Crippen LogP contribution in [0.5, 0.6) is 0 Å². The lowest BCUT2D eigenvalue weighted by atomic mass is 10.0. The van der Waals surface area contributed by atoms with E-state index in [1.54, 1.807) is 11.3 Å². The molecule has 1 aromatic heterocycles. The molecule has 0 unspecified atom stereocenters. The Morgan fingerprint density at radius 2 is 1.88 bits per heavy atom. The molecule has 3 aliphatic rings. The van der Waals surface area contributed by atoms with Crippen LogP contribution >= 0.6 is 11.3 Å². The maximum Gasteiger partial charge on any atom is 0.226 e. The number of aromatic nitrogens is 1. The number of amides is 1. The fourth-order valence-corrected chi connectivity index (χ4v) is 5.00. The van der Waals surface area contributed by atoms with Crippen molar-refractivity contribution in [3.05, 3.63) is 34.7 Å². The van der Waals surface area contributed by atoms with E-state index in [0.29, 0.717) is 19.0 Å². The molecule has 6 heteroatoms. The third-order valence-electron chi connectivity index (χ3n) is 5.67. The third-order valence-corrected chi connectivity index (χ3v) is 6.77. The molecule has 1 saturated carbocycles. The number of likely N-dealkylation sites (N-methyl/N-ethyl adjacent to an activating group) is 1. The van der Waals surface area contributed by atoms with Gasteiger partial charge in [-0.05, 0) is 25.5 Å². The lowest BCUT2D eigenvalue weighted by Crippen LogP contribution is -2.44. The number of hydrogen-bond acceptors (Lipinski definition) is 5. The fourth-order valence-electron chi connectivity index (χ4n) is 3.86. The highest BCUT2D eigenvalue weighted by atomic mass is 32.1. The van der Waals surface area contributed by atoms with Gasteiger partial charge in [0.1, 0.15) is 0 Å². The molecule has 2 fully saturated rings. The van der Waals surface area contributed by atoms with Crippen LogP contribution in [0.25, 0.3) is 11.3 Å². The van der Waals surface area contributed by atoms with E-state index in [2.05, 4.69) is 41.1 Å². The van der Waals surface area contributed by atoms with Crippen LogP contribution in [0.2, 0.25) is 0 Å². The Hall–Kier alpha value is -1.92. The molecule has 0 bridgehead atoms. The van der Waals surface area contributed by atoms with Crippen LogP contribution in [0, 0.1) is 5.92 Å². The Morgan fingerprint density at radius 3 is 2.65 bits per heavy atom. The second-order valence-electron chi connectivity index (χ2n) is 7.68. The molecule has 1 aliphatic carbocycles. The zero-order valence-corrected chi connectivity index (χ0v) is 16.0. The minimum Gasteiger partial charge on any atom is -0.346 e. The lowest BCUT2D eigenvalue weighted by Gasteiger charge is -2.32. The van der Waals surface area contributed by atoms with Crippen molar-refractivity contribution < 1.29 is 4.79 Å². The van der Waals surface area contributed by atoms with E-state index in [9.17, 15) is 4.79 Å². The van der Waals surface area contributed by atoms with E-state index < -0.39 is 0 Å². The van der Waals surface area contributed by atoms with Gasteiger partial charge in [-0.15, -0.1) is 0 Å². The molecule has 136 valence electrons. The molecule has 3 heterocycles. The van der Waals surface area contributed by atoms with E-state index in [0.717, 1.165) is 49.8 Å². The van der Waals surface area contributed by atoms with Gasteiger partial charge in [0.05, 0.1) is 17.1 Å². The first-order chi connectivity index (χ1) is 12.7. The van der Waals surface area contributed by atoms with Gasteiger partial charge in [-0.25, -0.2) is 4.98 Å². The standard InChI is InChI=1S/C20H24N4OS/c1-22-8-10-23(11-9-22)20-21-18-16-5-3-2-4-15(16)12-24(13-17(18)26-20)19(25)14-6-7-14/h2-5,14H,6-13H2,1H3. The maximum atomic E-state index is 12.8. The molecular formula is C20H24N4OS. The minimum absolute atomic E-state index is 0.258. The Bertz CT molecular complexity index is 836. The molecule has 0 radical (unpaired) electrons. The molecule has 26 heavy (non-hydrogen) atoms. The number of carbonyl (C=O) groups is 1. The van der Waals surface area contributed by atoms with Crippen LogP contribution in [-0.4, -0.2) is 53.9 Å². The second-order valence-corrected chi connectivity index (χ2v) is 8.75. The number of nitrogens with zero attached hydrogens (tertiary/aromatic N) is 4. The van der Waals surface area contributed by atoms with E-state index in [1.165, 1.54) is 16.0 Å². The molecule has 1 aromatic carbocycles. The van der Waals surface area contributed by atoms with Crippen LogP contribution in [0.1, 0.15) is 23.3 Å². The first-order valence-electron chi connectivity index (χ1n) is 9.49. The van der Waals surface area contributed by atoms with Crippen LogP contribution in [0.4, 0.5) is 5.13 Å². The number of piperazine rings is 1. The fraction of sp³-hybridized carbons (Fsp3) is 0.500. The highest BCUT2D eigenvalue weighted by molar-refractivity contribution is 7.16. The van der Waals surface area contributed by atoms with Gasteiger partial charge in [0.2, 0.25) is 5.91 Å². The van der Waals surface area contributed by atoms with E-state index in [-0.39, 0.29) is 5.92 Å². The summed E-state index contributed by atoms with van der Waals surface area (Å²) in [5.74, 6) is 0.580. The van der Waals surface area contributed by atoms with Gasteiger partial charge in [0, 0.05) is 44.2 Å². The number of fused-ring (bicyclic) bond motifs is 3. The lowest BCUT2D eigenvalue weighted by molar-refractivity contribution is -0.133. The SMILES string of the molecule is CN1CCN(c2nc3c(s2)CN(C(=O)C2CC2)Cc2ccccc2-3)CC1. The van der Waals surface area contributed by atoms with Gasteiger partial charge >= 0.3 is 0 Å². The van der Waals surface area contributed by atoms with Crippen LogP contribution < -0.4 is 4.90 Å². The number of benzene rings is 1. The molecule has 5 rings (SSSR count). The third kappa shape index (κ3) is 2.91. The predicted octanol–water partition coefficient (Wildman–Crippen LogP) is 2.81. The molecule has 0 spiro atoms. The normalized spacial score (nSPS) is 20.5. The second kappa shape index (κ2) is 6.35. The number of rotatable bonds is 2. The number of carbonyl (C=O) groups excluding carboxylic acids is 1. The smallest absolute Gasteiger partial charge is 0.226 e. The summed E-state index contributed by atoms with van der Waals surface area (Å²) in [6.07, 6.45) is 2.11. The van der Waals surface area contributed by atoms with Crippen molar-refractivity contribution in [2.45, 2.75) is 25.9 Å². The van der Waals surface area contributed by atoms with Crippen molar-refractivity contribution >= 4 is 22.4 Å². The summed E-state index contributed by atoms with van der Waals surface area (Å²) in [4.78, 5) is 25.9. The van der Waals surface area contributed by atoms with Crippen molar-refractivity contribution in [3.8, 4) is 11.3 Å². The number of hydrogen-bond donors (Lipinski definition) is 0. The molecule has 5 nitrogen and oxygen atoms in total. The van der Waals surface area contributed by atoms with Crippen LogP contribution in [0.3, 0.4) is 0 Å². The highest BCUT2D eigenvalue weighted by Gasteiger charge is 2.36. The molecule has 0 N–H and O–H groups in total. The van der Waals surface area contributed by atoms with E-state index in [4.69, 9.17) is 4.98 Å². The number of thiazole rings is 1. The Balaban J connectivity index is 1.52. The zero-order valence-electron chi connectivity index (χ0n) is 15.1. The Labute approximate surface area is 158 Å². The van der Waals surface area contributed by atoms with Crippen molar-refractivity contribution in [1.82, 2.24) is 14.8 Å². The molecule has 0 atom stereocenters. The van der Waals surface area contributed by atoms with Gasteiger partial charge in [-0.3, -0.25) is 4.79 Å². The Morgan fingerprint density at radius 1 is 1.12 bits per heavy atom. The van der Waals surface area contributed by atoms with Gasteiger partial charge in [0.15, 0.2) is 5.13 Å². The average Bonchev–Trinajstić information content (AvgIpc) is 3.44.